The molecule has 0 aliphatic carbocycles. The maximum Gasteiger partial charge on any atom is 0.304 e. The van der Waals surface area contributed by atoms with E-state index in [2.05, 4.69) is 142 Å². The van der Waals surface area contributed by atoms with Crippen LogP contribution in [0.4, 0.5) is 34.5 Å². The minimum atomic E-state index is -0.204. The van der Waals surface area contributed by atoms with Crippen molar-refractivity contribution < 1.29 is 8.83 Å². The van der Waals surface area contributed by atoms with Crippen molar-refractivity contribution in [2.24, 2.45) is 0 Å². The normalized spacial score (nSPS) is 14.0. The number of hydrogen-bond donors (Lipinski definition) is 0. The molecule has 2 aliphatic heterocycles. The van der Waals surface area contributed by atoms with Gasteiger partial charge in [-0.05, 0) is 70.5 Å². The number of benzene rings is 4. The maximum absolute atomic E-state index is 6.91. The third-order valence-corrected chi connectivity index (χ3v) is 9.86. The molecule has 9 rings (SSSR count). The number of anilines is 6. The topological polar surface area (TPSA) is 45.7 Å². The first kappa shape index (κ1) is 28.0. The van der Waals surface area contributed by atoms with Crippen LogP contribution in [0.15, 0.2) is 118 Å². The zero-order chi connectivity index (χ0) is 32.2. The van der Waals surface area contributed by atoms with Crippen molar-refractivity contribution in [2.75, 3.05) is 9.80 Å². The fraction of sp³-hybridized carbons (Fsp3) is 0.195. The molecule has 2 aliphatic rings. The Morgan fingerprint density at radius 2 is 1.13 bits per heavy atom. The van der Waals surface area contributed by atoms with Gasteiger partial charge in [-0.15, -0.1) is 0 Å². The summed E-state index contributed by atoms with van der Waals surface area (Å²) in [5.74, 6) is 1.72. The van der Waals surface area contributed by atoms with E-state index in [1.54, 1.807) is 0 Å². The largest absolute Gasteiger partial charge is 0.468 e. The summed E-state index contributed by atoms with van der Waals surface area (Å²) < 4.78 is 13.7. The van der Waals surface area contributed by atoms with E-state index in [-0.39, 0.29) is 17.5 Å². The Labute approximate surface area is 275 Å². The second kappa shape index (κ2) is 9.65. The Morgan fingerprint density at radius 3 is 1.74 bits per heavy atom. The first-order valence-corrected chi connectivity index (χ1v) is 16.4. The second-order valence-electron chi connectivity index (χ2n) is 14.9. The van der Waals surface area contributed by atoms with Crippen molar-refractivity contribution in [2.45, 2.75) is 52.4 Å². The Morgan fingerprint density at radius 1 is 0.574 bits per heavy atom. The Bertz CT molecular complexity index is 2340. The van der Waals surface area contributed by atoms with Gasteiger partial charge in [-0.2, -0.15) is 0 Å². The summed E-state index contributed by atoms with van der Waals surface area (Å²) in [6.45, 7) is 13.3. The number of nitrogens with zero attached hydrogens (tertiary/aromatic N) is 3. The Hall–Kier alpha value is -5.23. The van der Waals surface area contributed by atoms with Crippen molar-refractivity contribution >= 4 is 79.7 Å². The van der Waals surface area contributed by atoms with E-state index in [1.807, 2.05) is 18.3 Å². The van der Waals surface area contributed by atoms with E-state index < -0.39 is 0 Å². The summed E-state index contributed by atoms with van der Waals surface area (Å²) >= 11 is 0. The third-order valence-electron chi connectivity index (χ3n) is 9.86. The second-order valence-corrected chi connectivity index (χ2v) is 14.9. The van der Waals surface area contributed by atoms with Gasteiger partial charge in [0.1, 0.15) is 22.6 Å². The lowest BCUT2D eigenvalue weighted by Gasteiger charge is -2.39. The van der Waals surface area contributed by atoms with Crippen LogP contribution in [0.25, 0.3) is 21.9 Å². The summed E-state index contributed by atoms with van der Waals surface area (Å²) in [7, 11) is 0. The highest BCUT2D eigenvalue weighted by atomic mass is 16.4. The van der Waals surface area contributed by atoms with Crippen LogP contribution in [-0.2, 0) is 10.8 Å². The third kappa shape index (κ3) is 4.07. The molecule has 0 saturated heterocycles. The van der Waals surface area contributed by atoms with Crippen molar-refractivity contribution in [1.82, 2.24) is 4.98 Å². The highest BCUT2D eigenvalue weighted by molar-refractivity contribution is 7.01. The van der Waals surface area contributed by atoms with E-state index in [0.29, 0.717) is 0 Å². The molecule has 4 aromatic carbocycles. The van der Waals surface area contributed by atoms with Gasteiger partial charge in [-0.3, -0.25) is 9.80 Å². The maximum atomic E-state index is 6.91. The average Bonchev–Trinajstić information content (AvgIpc) is 3.63. The van der Waals surface area contributed by atoms with Crippen LogP contribution >= 0.6 is 0 Å². The lowest BCUT2D eigenvalue weighted by atomic mass is 9.36. The van der Waals surface area contributed by atoms with Crippen molar-refractivity contribution in [3.8, 4) is 0 Å². The zero-order valence-electron chi connectivity index (χ0n) is 27.6. The van der Waals surface area contributed by atoms with E-state index in [4.69, 9.17) is 13.8 Å². The SMILES string of the molecule is CC(C)(C)c1ccc(N2c3ccnc4c3B(c3oc5ccccc5c3N4c3ccc(C(C)(C)C)cc3)c3c2oc2ccccc32)cc1. The van der Waals surface area contributed by atoms with E-state index >= 15 is 0 Å². The lowest BCUT2D eigenvalue weighted by Crippen LogP contribution is -2.60. The van der Waals surface area contributed by atoms with Crippen LogP contribution in [0.5, 0.6) is 0 Å². The van der Waals surface area contributed by atoms with Gasteiger partial charge in [0.05, 0.1) is 5.69 Å². The molecule has 0 radical (unpaired) electrons. The van der Waals surface area contributed by atoms with Crippen molar-refractivity contribution in [3.63, 3.8) is 0 Å². The zero-order valence-corrected chi connectivity index (χ0v) is 27.6. The predicted octanol–water partition coefficient (Wildman–Crippen LogP) is 9.25. The molecular formula is C41H36BN3O2. The van der Waals surface area contributed by atoms with Crippen molar-refractivity contribution in [1.29, 1.82) is 0 Å². The highest BCUT2D eigenvalue weighted by Gasteiger charge is 2.49. The first-order valence-electron chi connectivity index (χ1n) is 16.4. The van der Waals surface area contributed by atoms with Crippen LogP contribution in [0.1, 0.15) is 52.7 Å². The van der Waals surface area contributed by atoms with Gasteiger partial charge < -0.3 is 8.83 Å². The lowest BCUT2D eigenvalue weighted by molar-refractivity contribution is 0.590. The number of furan rings is 2. The van der Waals surface area contributed by atoms with Crippen molar-refractivity contribution in [3.05, 3.63) is 120 Å². The first-order chi connectivity index (χ1) is 22.6. The number of para-hydroxylation sites is 2. The molecule has 3 aromatic heterocycles. The molecule has 5 nitrogen and oxygen atoms in total. The fourth-order valence-corrected chi connectivity index (χ4v) is 7.43. The molecule has 7 aromatic rings. The molecule has 230 valence electrons. The number of pyridine rings is 1. The molecule has 0 spiro atoms. The van der Waals surface area contributed by atoms with Crippen LogP contribution in [-0.4, -0.2) is 11.7 Å². The summed E-state index contributed by atoms with van der Waals surface area (Å²) in [5.41, 5.74) is 11.7. The van der Waals surface area contributed by atoms with Gasteiger partial charge in [0.15, 0.2) is 0 Å². The summed E-state index contributed by atoms with van der Waals surface area (Å²) in [4.78, 5) is 9.74. The van der Waals surface area contributed by atoms with E-state index in [0.717, 1.165) is 73.0 Å². The molecule has 0 amide bonds. The fourth-order valence-electron chi connectivity index (χ4n) is 7.43. The number of fused-ring (bicyclic) bond motifs is 8. The van der Waals surface area contributed by atoms with E-state index in [1.165, 1.54) is 11.1 Å². The quantitative estimate of drug-likeness (QED) is 0.182. The molecular weight excluding hydrogens is 577 g/mol. The highest BCUT2D eigenvalue weighted by Crippen LogP contribution is 2.47. The summed E-state index contributed by atoms with van der Waals surface area (Å²) in [6.07, 6.45) is 1.93. The Kier molecular flexibility index (Phi) is 5.75. The molecule has 5 heterocycles. The standard InChI is InChI=1S/C41H36BN3O2/c1-40(2,3)25-15-19-27(20-16-25)44-31-23-24-43-38-35(31)42(34-29-11-7-9-13-32(29)47-39(34)44)37-36(30-12-8-10-14-33(30)46-37)45(38)28-21-17-26(18-22-28)41(4,5)6/h7-24H,1-6H3. The molecule has 0 unspecified atom stereocenters. The van der Waals surface area contributed by atoms with Crippen LogP contribution < -0.4 is 26.4 Å². The van der Waals surface area contributed by atoms with E-state index in [9.17, 15) is 0 Å². The van der Waals surface area contributed by atoms with Gasteiger partial charge in [0.2, 0.25) is 5.88 Å². The monoisotopic (exact) mass is 613 g/mol. The van der Waals surface area contributed by atoms with Crippen LogP contribution in [0.3, 0.4) is 0 Å². The number of hydrogen-bond acceptors (Lipinski definition) is 5. The summed E-state index contributed by atoms with van der Waals surface area (Å²) in [5, 5.41) is 2.15. The molecule has 0 bridgehead atoms. The minimum absolute atomic E-state index is 0.0466. The number of rotatable bonds is 2. The van der Waals surface area contributed by atoms with Crippen LogP contribution in [0, 0.1) is 0 Å². The van der Waals surface area contributed by atoms with Crippen LogP contribution in [0.2, 0.25) is 0 Å². The van der Waals surface area contributed by atoms with Gasteiger partial charge in [-0.25, -0.2) is 4.98 Å². The smallest absolute Gasteiger partial charge is 0.304 e. The molecule has 6 heteroatoms. The predicted molar refractivity (Wildman–Crippen MR) is 195 cm³/mol. The van der Waals surface area contributed by atoms with Gasteiger partial charge in [0, 0.05) is 45.0 Å². The van der Waals surface area contributed by atoms with Gasteiger partial charge >= 0.3 is 6.71 Å². The Balaban J connectivity index is 1.36. The average molecular weight is 614 g/mol. The van der Waals surface area contributed by atoms with Gasteiger partial charge in [0.25, 0.3) is 0 Å². The van der Waals surface area contributed by atoms with Gasteiger partial charge in [-0.1, -0.05) is 96.1 Å². The number of aromatic nitrogens is 1. The molecule has 47 heavy (non-hydrogen) atoms. The molecule has 0 saturated carbocycles. The molecule has 0 fully saturated rings. The molecule has 0 atom stereocenters. The summed E-state index contributed by atoms with van der Waals surface area (Å²) in [6, 6.07) is 36.6. The minimum Gasteiger partial charge on any atom is -0.468 e. The molecule has 0 N–H and O–H groups in total.